The highest BCUT2D eigenvalue weighted by Gasteiger charge is 2.33. The average Bonchev–Trinajstić information content (AvgIpc) is 2.82. The molecule has 0 aliphatic carbocycles. The van der Waals surface area contributed by atoms with Gasteiger partial charge in [-0.15, -0.1) is 0 Å². The first-order valence-electron chi connectivity index (χ1n) is 10.6. The summed E-state index contributed by atoms with van der Waals surface area (Å²) in [5.74, 6) is -1.13. The monoisotopic (exact) mass is 451 g/mol. The van der Waals surface area contributed by atoms with Crippen LogP contribution in [0.15, 0.2) is 71.6 Å². The zero-order chi connectivity index (χ0) is 22.7. The van der Waals surface area contributed by atoms with Crippen molar-refractivity contribution in [2.24, 2.45) is 5.92 Å². The van der Waals surface area contributed by atoms with E-state index in [2.05, 4.69) is 0 Å². The number of esters is 1. The molecular weight excluding hydrogens is 426 g/mol. The molecule has 7 heteroatoms. The van der Waals surface area contributed by atoms with E-state index in [-0.39, 0.29) is 30.4 Å². The number of aryl methyl sites for hydroxylation is 1. The summed E-state index contributed by atoms with van der Waals surface area (Å²) in [5.41, 5.74) is 1.49. The normalized spacial score (nSPS) is 15.5. The van der Waals surface area contributed by atoms with Crippen molar-refractivity contribution in [3.05, 3.63) is 77.9 Å². The lowest BCUT2D eigenvalue weighted by Gasteiger charge is -2.30. The van der Waals surface area contributed by atoms with Gasteiger partial charge in [0.1, 0.15) is 0 Å². The molecule has 166 valence electrons. The van der Waals surface area contributed by atoms with Crippen LogP contribution in [0.2, 0.25) is 0 Å². The molecule has 0 unspecified atom stereocenters. The number of fused-ring (bicyclic) bond motifs is 1. The minimum Gasteiger partial charge on any atom is -0.457 e. The van der Waals surface area contributed by atoms with Gasteiger partial charge >= 0.3 is 5.97 Å². The van der Waals surface area contributed by atoms with Gasteiger partial charge in [-0.1, -0.05) is 54.1 Å². The summed E-state index contributed by atoms with van der Waals surface area (Å²) in [7, 11) is -3.58. The Bertz CT molecular complexity index is 1240. The van der Waals surface area contributed by atoms with Gasteiger partial charge < -0.3 is 4.74 Å². The van der Waals surface area contributed by atoms with E-state index in [1.165, 1.54) is 4.31 Å². The number of sulfonamides is 1. The van der Waals surface area contributed by atoms with Gasteiger partial charge in [0.05, 0.1) is 10.8 Å². The van der Waals surface area contributed by atoms with Gasteiger partial charge in [-0.25, -0.2) is 8.42 Å². The summed E-state index contributed by atoms with van der Waals surface area (Å²) in [6.45, 7) is 2.07. The maximum absolute atomic E-state index is 12.8. The molecule has 3 aromatic carbocycles. The highest BCUT2D eigenvalue weighted by molar-refractivity contribution is 7.89. The number of nitrogens with zero attached hydrogens (tertiary/aromatic N) is 1. The number of ketones is 1. The standard InChI is InChI=1S/C25H25NO5S/c1-18-6-10-23(11-7-18)32(29,30)26-14-12-20(13-15-26)25(28)31-17-24(27)22-9-8-19-4-2-3-5-21(19)16-22/h2-11,16,20H,12-15,17H2,1H3. The lowest BCUT2D eigenvalue weighted by atomic mass is 9.98. The zero-order valence-electron chi connectivity index (χ0n) is 17.9. The first-order chi connectivity index (χ1) is 15.3. The van der Waals surface area contributed by atoms with E-state index in [0.717, 1.165) is 16.3 Å². The second-order valence-corrected chi connectivity index (χ2v) is 10.0. The van der Waals surface area contributed by atoms with Gasteiger partial charge in [-0.05, 0) is 48.7 Å². The Labute approximate surface area is 187 Å². The Morgan fingerprint density at radius 3 is 2.28 bits per heavy atom. The van der Waals surface area contributed by atoms with Crippen molar-refractivity contribution in [1.29, 1.82) is 0 Å². The molecule has 1 fully saturated rings. The number of carbonyl (C=O) groups is 2. The van der Waals surface area contributed by atoms with Gasteiger partial charge in [0.2, 0.25) is 10.0 Å². The minimum atomic E-state index is -3.58. The van der Waals surface area contributed by atoms with Crippen LogP contribution >= 0.6 is 0 Å². The number of hydrogen-bond acceptors (Lipinski definition) is 5. The number of ether oxygens (including phenoxy) is 1. The maximum atomic E-state index is 12.8. The predicted octanol–water partition coefficient (Wildman–Crippen LogP) is 3.98. The Balaban J connectivity index is 1.31. The summed E-state index contributed by atoms with van der Waals surface area (Å²) in [6, 6.07) is 19.9. The molecule has 1 saturated heterocycles. The number of benzene rings is 3. The second kappa shape index (κ2) is 9.22. The van der Waals surface area contributed by atoms with E-state index < -0.39 is 21.9 Å². The van der Waals surface area contributed by atoms with Crippen LogP contribution in [0.4, 0.5) is 0 Å². The molecule has 3 aromatic rings. The molecule has 0 bridgehead atoms. The van der Waals surface area contributed by atoms with Crippen LogP contribution in [-0.4, -0.2) is 44.2 Å². The van der Waals surface area contributed by atoms with Gasteiger partial charge in [0.15, 0.2) is 12.4 Å². The molecule has 4 rings (SSSR count). The quantitative estimate of drug-likeness (QED) is 0.418. The van der Waals surface area contributed by atoms with Crippen molar-refractivity contribution in [2.75, 3.05) is 19.7 Å². The second-order valence-electron chi connectivity index (χ2n) is 8.08. The Morgan fingerprint density at radius 2 is 1.59 bits per heavy atom. The fourth-order valence-corrected chi connectivity index (χ4v) is 5.36. The number of carbonyl (C=O) groups excluding carboxylic acids is 2. The van der Waals surface area contributed by atoms with E-state index in [9.17, 15) is 18.0 Å². The van der Waals surface area contributed by atoms with Crippen molar-refractivity contribution >= 4 is 32.5 Å². The molecule has 0 amide bonds. The Hall–Kier alpha value is -3.03. The highest BCUT2D eigenvalue weighted by atomic mass is 32.2. The van der Waals surface area contributed by atoms with E-state index in [1.54, 1.807) is 36.4 Å². The Morgan fingerprint density at radius 1 is 0.938 bits per heavy atom. The molecule has 0 N–H and O–H groups in total. The molecule has 1 aliphatic rings. The van der Waals surface area contributed by atoms with Crippen molar-refractivity contribution in [3.8, 4) is 0 Å². The zero-order valence-corrected chi connectivity index (χ0v) is 18.7. The van der Waals surface area contributed by atoms with Crippen molar-refractivity contribution < 1.29 is 22.7 Å². The van der Waals surface area contributed by atoms with Crippen LogP contribution in [0.1, 0.15) is 28.8 Å². The smallest absolute Gasteiger partial charge is 0.309 e. The molecule has 0 aromatic heterocycles. The Kier molecular flexibility index (Phi) is 6.39. The van der Waals surface area contributed by atoms with E-state index in [0.29, 0.717) is 18.4 Å². The number of rotatable bonds is 6. The van der Waals surface area contributed by atoms with Crippen molar-refractivity contribution in [1.82, 2.24) is 4.31 Å². The molecule has 0 saturated carbocycles. The van der Waals surface area contributed by atoms with Gasteiger partial charge in [-0.2, -0.15) is 4.31 Å². The van der Waals surface area contributed by atoms with Crippen LogP contribution in [0.5, 0.6) is 0 Å². The van der Waals surface area contributed by atoms with Gasteiger partial charge in [0.25, 0.3) is 0 Å². The third-order valence-electron chi connectivity index (χ3n) is 5.86. The van der Waals surface area contributed by atoms with Crippen LogP contribution < -0.4 is 0 Å². The predicted molar refractivity (Wildman–Crippen MR) is 122 cm³/mol. The van der Waals surface area contributed by atoms with Crippen LogP contribution in [-0.2, 0) is 19.6 Å². The average molecular weight is 452 g/mol. The first kappa shape index (κ1) is 22.2. The number of piperidine rings is 1. The molecule has 0 radical (unpaired) electrons. The third kappa shape index (κ3) is 4.74. The van der Waals surface area contributed by atoms with Crippen LogP contribution in [0.25, 0.3) is 10.8 Å². The minimum absolute atomic E-state index is 0.245. The van der Waals surface area contributed by atoms with Crippen LogP contribution in [0, 0.1) is 12.8 Å². The SMILES string of the molecule is Cc1ccc(S(=O)(=O)N2CCC(C(=O)OCC(=O)c3ccc4ccccc4c3)CC2)cc1. The summed E-state index contributed by atoms with van der Waals surface area (Å²) in [6.07, 6.45) is 0.738. The summed E-state index contributed by atoms with van der Waals surface area (Å²) < 4.78 is 32.3. The number of Topliss-reactive ketones (excluding diaryl/α,β-unsaturated/α-hetero) is 1. The lowest BCUT2D eigenvalue weighted by Crippen LogP contribution is -2.40. The summed E-state index contributed by atoms with van der Waals surface area (Å²) >= 11 is 0. The van der Waals surface area contributed by atoms with Crippen molar-refractivity contribution in [3.63, 3.8) is 0 Å². The van der Waals surface area contributed by atoms with Crippen molar-refractivity contribution in [2.45, 2.75) is 24.7 Å². The van der Waals surface area contributed by atoms with Gasteiger partial charge in [-0.3, -0.25) is 9.59 Å². The molecule has 6 nitrogen and oxygen atoms in total. The molecule has 1 aliphatic heterocycles. The summed E-state index contributed by atoms with van der Waals surface area (Å²) in [5, 5.41) is 1.99. The lowest BCUT2D eigenvalue weighted by molar-refractivity contribution is -0.148. The molecular formula is C25H25NO5S. The topological polar surface area (TPSA) is 80.8 Å². The fraction of sp³-hybridized carbons (Fsp3) is 0.280. The highest BCUT2D eigenvalue weighted by Crippen LogP contribution is 2.25. The first-order valence-corrected chi connectivity index (χ1v) is 12.0. The molecule has 1 heterocycles. The fourth-order valence-electron chi connectivity index (χ4n) is 3.89. The third-order valence-corrected chi connectivity index (χ3v) is 7.78. The van der Waals surface area contributed by atoms with Crippen LogP contribution in [0.3, 0.4) is 0 Å². The van der Waals surface area contributed by atoms with Gasteiger partial charge in [0, 0.05) is 18.7 Å². The van der Waals surface area contributed by atoms with E-state index in [1.807, 2.05) is 37.3 Å². The van der Waals surface area contributed by atoms with E-state index >= 15 is 0 Å². The number of hydrogen-bond donors (Lipinski definition) is 0. The largest absolute Gasteiger partial charge is 0.457 e. The maximum Gasteiger partial charge on any atom is 0.309 e. The molecule has 0 atom stereocenters. The van der Waals surface area contributed by atoms with E-state index in [4.69, 9.17) is 4.74 Å². The summed E-state index contributed by atoms with van der Waals surface area (Å²) in [4.78, 5) is 25.2. The molecule has 32 heavy (non-hydrogen) atoms. The molecule has 0 spiro atoms.